The van der Waals surface area contributed by atoms with Crippen molar-refractivity contribution in [1.82, 2.24) is 4.37 Å². The van der Waals surface area contributed by atoms with Gasteiger partial charge in [0.1, 0.15) is 9.48 Å². The number of halogens is 2. The average molecular weight is 290 g/mol. The lowest BCUT2D eigenvalue weighted by Crippen LogP contribution is -1.86. The van der Waals surface area contributed by atoms with Crippen LogP contribution in [0.4, 0.5) is 5.69 Å². The molecule has 0 saturated carbocycles. The molecule has 2 nitrogen and oxygen atoms in total. The highest BCUT2D eigenvalue weighted by Gasteiger charge is 2.09. The average Bonchev–Trinajstić information content (AvgIpc) is 2.50. The largest absolute Gasteiger partial charge is 0.395 e. The van der Waals surface area contributed by atoms with E-state index in [1.54, 1.807) is 0 Å². The molecule has 0 aliphatic rings. The molecule has 0 amide bonds. The van der Waals surface area contributed by atoms with Crippen molar-refractivity contribution in [3.63, 3.8) is 0 Å². The van der Waals surface area contributed by atoms with Crippen LogP contribution in [0.3, 0.4) is 0 Å². The Morgan fingerprint density at radius 3 is 2.43 bits per heavy atom. The van der Waals surface area contributed by atoms with E-state index in [0.717, 1.165) is 15.0 Å². The lowest BCUT2D eigenvalue weighted by molar-refractivity contribution is 1.52. The molecule has 2 rings (SSSR count). The minimum absolute atomic E-state index is 0.678. The lowest BCUT2D eigenvalue weighted by Gasteiger charge is -1.98. The van der Waals surface area contributed by atoms with Crippen LogP contribution in [0, 0.1) is 0 Å². The first-order valence-corrected chi connectivity index (χ1v) is 5.79. The Labute approximate surface area is 99.0 Å². The molecule has 0 spiro atoms. The molecule has 0 aliphatic heterocycles. The summed E-state index contributed by atoms with van der Waals surface area (Å²) in [6.07, 6.45) is 0. The van der Waals surface area contributed by atoms with E-state index in [2.05, 4.69) is 20.3 Å². The Hall–Kier alpha value is -0.580. The van der Waals surface area contributed by atoms with Crippen LogP contribution in [0.1, 0.15) is 0 Å². The van der Waals surface area contributed by atoms with Gasteiger partial charge in [0.15, 0.2) is 0 Å². The van der Waals surface area contributed by atoms with E-state index < -0.39 is 0 Å². The fraction of sp³-hybridized carbons (Fsp3) is 0. The molecule has 14 heavy (non-hydrogen) atoms. The predicted molar refractivity (Wildman–Crippen MR) is 64.7 cm³/mol. The maximum atomic E-state index is 5.84. The van der Waals surface area contributed by atoms with Crippen LogP contribution in [0.5, 0.6) is 0 Å². The smallest absolute Gasteiger partial charge is 0.114 e. The van der Waals surface area contributed by atoms with Crippen molar-refractivity contribution in [3.05, 3.63) is 33.1 Å². The molecule has 1 aromatic heterocycles. The van der Waals surface area contributed by atoms with Gasteiger partial charge in [0, 0.05) is 10.6 Å². The van der Waals surface area contributed by atoms with Gasteiger partial charge >= 0.3 is 0 Å². The van der Waals surface area contributed by atoms with Crippen LogP contribution in [-0.4, -0.2) is 4.37 Å². The fourth-order valence-corrected chi connectivity index (χ4v) is 2.19. The predicted octanol–water partition coefficient (Wildman–Crippen LogP) is 3.81. The quantitative estimate of drug-likeness (QED) is 0.867. The van der Waals surface area contributed by atoms with E-state index in [4.69, 9.17) is 17.3 Å². The van der Waals surface area contributed by atoms with Gasteiger partial charge in [-0.3, -0.25) is 0 Å². The van der Waals surface area contributed by atoms with E-state index in [9.17, 15) is 0 Å². The summed E-state index contributed by atoms with van der Waals surface area (Å²) in [5, 5.41) is 0.710. The number of rotatable bonds is 1. The normalized spacial score (nSPS) is 10.4. The Morgan fingerprint density at radius 1 is 1.29 bits per heavy atom. The maximum absolute atomic E-state index is 5.84. The zero-order valence-electron chi connectivity index (χ0n) is 7.00. The van der Waals surface area contributed by atoms with Gasteiger partial charge in [-0.05, 0) is 39.6 Å². The van der Waals surface area contributed by atoms with E-state index in [-0.39, 0.29) is 0 Å². The number of nitrogen functional groups attached to an aromatic ring is 1. The molecule has 0 radical (unpaired) electrons. The molecule has 1 heterocycles. The van der Waals surface area contributed by atoms with Gasteiger partial charge in [0.25, 0.3) is 0 Å². The van der Waals surface area contributed by atoms with Crippen molar-refractivity contribution in [1.29, 1.82) is 0 Å². The highest BCUT2D eigenvalue weighted by molar-refractivity contribution is 9.11. The molecule has 2 N–H and O–H groups in total. The van der Waals surface area contributed by atoms with Crippen LogP contribution >= 0.6 is 39.1 Å². The van der Waals surface area contributed by atoms with Gasteiger partial charge in [-0.2, -0.15) is 4.37 Å². The Kier molecular flexibility index (Phi) is 2.76. The van der Waals surface area contributed by atoms with Crippen molar-refractivity contribution in [2.24, 2.45) is 0 Å². The van der Waals surface area contributed by atoms with Gasteiger partial charge in [-0.15, -0.1) is 0 Å². The summed E-state index contributed by atoms with van der Waals surface area (Å²) in [7, 11) is 0. The standard InChI is InChI=1S/C9H6BrClN2S/c10-9-7(12)8(13-14-9)5-1-3-6(11)4-2-5/h1-4H,12H2. The minimum Gasteiger partial charge on any atom is -0.395 e. The number of hydrogen-bond donors (Lipinski definition) is 1. The monoisotopic (exact) mass is 288 g/mol. The third-order valence-electron chi connectivity index (χ3n) is 1.80. The molecule has 0 atom stereocenters. The molecule has 72 valence electrons. The van der Waals surface area contributed by atoms with Crippen LogP contribution < -0.4 is 5.73 Å². The molecule has 0 unspecified atom stereocenters. The Bertz CT molecular complexity index is 452. The van der Waals surface area contributed by atoms with E-state index in [1.807, 2.05) is 24.3 Å². The van der Waals surface area contributed by atoms with Crippen molar-refractivity contribution in [2.45, 2.75) is 0 Å². The highest BCUT2D eigenvalue weighted by atomic mass is 79.9. The van der Waals surface area contributed by atoms with Crippen LogP contribution in [0.15, 0.2) is 28.1 Å². The summed E-state index contributed by atoms with van der Waals surface area (Å²) in [5.74, 6) is 0. The number of nitrogens with zero attached hydrogens (tertiary/aromatic N) is 1. The lowest BCUT2D eigenvalue weighted by atomic mass is 10.1. The molecule has 0 aliphatic carbocycles. The van der Waals surface area contributed by atoms with E-state index in [0.29, 0.717) is 10.7 Å². The third-order valence-corrected chi connectivity index (χ3v) is 3.57. The van der Waals surface area contributed by atoms with Gasteiger partial charge in [-0.25, -0.2) is 0 Å². The zero-order valence-corrected chi connectivity index (χ0v) is 10.2. The topological polar surface area (TPSA) is 38.9 Å². The number of aromatic nitrogens is 1. The Morgan fingerprint density at radius 2 is 1.93 bits per heavy atom. The van der Waals surface area contributed by atoms with Gasteiger partial charge in [-0.1, -0.05) is 23.7 Å². The summed E-state index contributed by atoms with van der Waals surface area (Å²) in [6, 6.07) is 7.45. The second kappa shape index (κ2) is 3.88. The molecule has 5 heteroatoms. The molecular formula is C9H6BrClN2S. The summed E-state index contributed by atoms with van der Waals surface area (Å²) >= 11 is 10.5. The summed E-state index contributed by atoms with van der Waals surface area (Å²) in [5.41, 5.74) is 8.30. The first-order valence-electron chi connectivity index (χ1n) is 3.85. The maximum Gasteiger partial charge on any atom is 0.114 e. The van der Waals surface area contributed by atoms with Crippen LogP contribution in [0.2, 0.25) is 5.02 Å². The van der Waals surface area contributed by atoms with Gasteiger partial charge in [0.05, 0.1) is 5.69 Å². The van der Waals surface area contributed by atoms with Crippen LogP contribution in [0.25, 0.3) is 11.3 Å². The fourth-order valence-electron chi connectivity index (χ4n) is 1.09. The molecule has 2 aromatic rings. The molecular weight excluding hydrogens is 284 g/mol. The zero-order chi connectivity index (χ0) is 10.1. The molecule has 0 fully saturated rings. The number of anilines is 1. The summed E-state index contributed by atoms with van der Waals surface area (Å²) < 4.78 is 5.11. The number of benzene rings is 1. The number of nitrogens with two attached hydrogens (primary N) is 1. The van der Waals surface area contributed by atoms with E-state index >= 15 is 0 Å². The summed E-state index contributed by atoms with van der Waals surface area (Å²) in [4.78, 5) is 0. The first-order chi connectivity index (χ1) is 6.68. The summed E-state index contributed by atoms with van der Waals surface area (Å²) in [6.45, 7) is 0. The highest BCUT2D eigenvalue weighted by Crippen LogP contribution is 2.34. The SMILES string of the molecule is Nc1c(-c2ccc(Cl)cc2)nsc1Br. The third kappa shape index (κ3) is 1.78. The van der Waals surface area contributed by atoms with Crippen molar-refractivity contribution >= 4 is 44.8 Å². The molecule has 0 bridgehead atoms. The van der Waals surface area contributed by atoms with Crippen molar-refractivity contribution in [3.8, 4) is 11.3 Å². The number of hydrogen-bond acceptors (Lipinski definition) is 3. The van der Waals surface area contributed by atoms with Crippen molar-refractivity contribution in [2.75, 3.05) is 5.73 Å². The Balaban J connectivity index is 2.49. The van der Waals surface area contributed by atoms with Crippen LogP contribution in [-0.2, 0) is 0 Å². The molecule has 0 saturated heterocycles. The van der Waals surface area contributed by atoms with Gasteiger partial charge < -0.3 is 5.73 Å². The first kappa shape index (κ1) is 9.96. The second-order valence-corrected chi connectivity index (χ2v) is 5.25. The van der Waals surface area contributed by atoms with Gasteiger partial charge in [0.2, 0.25) is 0 Å². The van der Waals surface area contributed by atoms with Crippen molar-refractivity contribution < 1.29 is 0 Å². The second-order valence-electron chi connectivity index (χ2n) is 2.73. The van der Waals surface area contributed by atoms with E-state index in [1.165, 1.54) is 11.5 Å². The minimum atomic E-state index is 0.678. The molecule has 1 aromatic carbocycles.